The van der Waals surface area contributed by atoms with Crippen LogP contribution >= 0.6 is 24.0 Å². The molecule has 1 atom stereocenters. The van der Waals surface area contributed by atoms with Crippen LogP contribution in [-0.4, -0.2) is 39.2 Å². The highest BCUT2D eigenvalue weighted by molar-refractivity contribution is 7.98. The van der Waals surface area contributed by atoms with Gasteiger partial charge in [-0.2, -0.15) is 5.10 Å². The van der Waals surface area contributed by atoms with Gasteiger partial charge in [0.15, 0.2) is 28.2 Å². The zero-order valence-corrected chi connectivity index (χ0v) is 18.4. The first kappa shape index (κ1) is 20.0. The number of aromatic nitrogens is 3. The third-order valence-corrected chi connectivity index (χ3v) is 6.09. The van der Waals surface area contributed by atoms with Crippen LogP contribution in [0.5, 0.6) is 11.5 Å². The average molecular weight is 429 g/mol. The van der Waals surface area contributed by atoms with Crippen molar-refractivity contribution in [3.8, 4) is 11.5 Å². The SMILES string of the molecule is CSc1ccc(CN(C)Cn2nc(C3COc4ccccc4O3)n(C)c2=S)cc1. The monoisotopic (exact) mass is 428 g/mol. The first-order valence-corrected chi connectivity index (χ1v) is 11.0. The molecule has 0 N–H and O–H groups in total. The summed E-state index contributed by atoms with van der Waals surface area (Å²) >= 11 is 7.36. The summed E-state index contributed by atoms with van der Waals surface area (Å²) in [4.78, 5) is 3.46. The molecule has 0 amide bonds. The van der Waals surface area contributed by atoms with Crippen LogP contribution in [0.4, 0.5) is 0 Å². The third-order valence-electron chi connectivity index (χ3n) is 4.86. The van der Waals surface area contributed by atoms with Gasteiger partial charge < -0.3 is 14.0 Å². The maximum absolute atomic E-state index is 6.11. The first-order chi connectivity index (χ1) is 14.0. The zero-order chi connectivity index (χ0) is 20.4. The molecule has 2 heterocycles. The number of ether oxygens (including phenoxy) is 2. The van der Waals surface area contributed by atoms with Crippen molar-refractivity contribution in [3.05, 3.63) is 64.7 Å². The van der Waals surface area contributed by atoms with Crippen molar-refractivity contribution in [1.29, 1.82) is 0 Å². The highest BCUT2D eigenvalue weighted by Crippen LogP contribution is 2.35. The Morgan fingerprint density at radius 1 is 1.17 bits per heavy atom. The van der Waals surface area contributed by atoms with Gasteiger partial charge in [0.1, 0.15) is 6.61 Å². The largest absolute Gasteiger partial charge is 0.485 e. The Balaban J connectivity index is 1.47. The van der Waals surface area contributed by atoms with Crippen molar-refractivity contribution in [2.24, 2.45) is 7.05 Å². The Morgan fingerprint density at radius 3 is 2.62 bits per heavy atom. The molecule has 8 heteroatoms. The lowest BCUT2D eigenvalue weighted by Crippen LogP contribution is -2.25. The van der Waals surface area contributed by atoms with Crippen LogP contribution in [0.2, 0.25) is 0 Å². The molecule has 0 saturated heterocycles. The van der Waals surface area contributed by atoms with Gasteiger partial charge in [0, 0.05) is 18.5 Å². The van der Waals surface area contributed by atoms with Gasteiger partial charge in [-0.25, -0.2) is 4.68 Å². The molecule has 0 spiro atoms. The van der Waals surface area contributed by atoms with Gasteiger partial charge in [0.05, 0.1) is 6.67 Å². The fourth-order valence-corrected chi connectivity index (χ4v) is 3.95. The number of benzene rings is 2. The van der Waals surface area contributed by atoms with Crippen LogP contribution in [0.1, 0.15) is 17.5 Å². The van der Waals surface area contributed by atoms with Gasteiger partial charge in [-0.1, -0.05) is 24.3 Å². The van der Waals surface area contributed by atoms with E-state index in [-0.39, 0.29) is 6.10 Å². The van der Waals surface area contributed by atoms with Gasteiger partial charge in [-0.3, -0.25) is 4.90 Å². The van der Waals surface area contributed by atoms with Gasteiger partial charge in [-0.05, 0) is 55.4 Å². The summed E-state index contributed by atoms with van der Waals surface area (Å²) < 4.78 is 16.3. The Kier molecular flexibility index (Phi) is 5.94. The molecule has 1 aromatic heterocycles. The molecule has 0 radical (unpaired) electrons. The van der Waals surface area contributed by atoms with Gasteiger partial charge in [0.2, 0.25) is 0 Å². The molecule has 4 rings (SSSR count). The van der Waals surface area contributed by atoms with E-state index in [0.29, 0.717) is 18.0 Å². The summed E-state index contributed by atoms with van der Waals surface area (Å²) in [7, 11) is 3.99. The van der Waals surface area contributed by atoms with Crippen LogP contribution in [0.15, 0.2) is 53.4 Å². The molecule has 0 aliphatic carbocycles. The number of para-hydroxylation sites is 2. The van der Waals surface area contributed by atoms with Crippen LogP contribution in [-0.2, 0) is 20.3 Å². The van der Waals surface area contributed by atoms with Crippen LogP contribution < -0.4 is 9.47 Å². The fraction of sp³-hybridized carbons (Fsp3) is 0.333. The summed E-state index contributed by atoms with van der Waals surface area (Å²) in [5.74, 6) is 2.26. The lowest BCUT2D eigenvalue weighted by atomic mass is 10.2. The third kappa shape index (κ3) is 4.34. The van der Waals surface area contributed by atoms with E-state index in [2.05, 4.69) is 42.5 Å². The van der Waals surface area contributed by atoms with Crippen molar-refractivity contribution in [1.82, 2.24) is 19.2 Å². The van der Waals surface area contributed by atoms with Crippen molar-refractivity contribution in [3.63, 3.8) is 0 Å². The molecule has 6 nitrogen and oxygen atoms in total. The molecule has 0 fully saturated rings. The summed E-state index contributed by atoms with van der Waals surface area (Å²) in [6.45, 7) is 1.83. The molecule has 1 aliphatic heterocycles. The van der Waals surface area contributed by atoms with Crippen molar-refractivity contribution in [2.45, 2.75) is 24.2 Å². The molecule has 3 aromatic rings. The number of nitrogens with zero attached hydrogens (tertiary/aromatic N) is 4. The minimum Gasteiger partial charge on any atom is -0.485 e. The second kappa shape index (κ2) is 8.61. The summed E-state index contributed by atoms with van der Waals surface area (Å²) in [6.07, 6.45) is 1.79. The smallest absolute Gasteiger partial charge is 0.198 e. The van der Waals surface area contributed by atoms with E-state index >= 15 is 0 Å². The maximum atomic E-state index is 6.11. The lowest BCUT2D eigenvalue weighted by Gasteiger charge is -2.25. The molecule has 1 unspecified atom stereocenters. The number of hydrogen-bond donors (Lipinski definition) is 0. The van der Waals surface area contributed by atoms with E-state index in [4.69, 9.17) is 26.8 Å². The second-order valence-corrected chi connectivity index (χ2v) is 8.31. The Hall–Kier alpha value is -2.29. The zero-order valence-electron chi connectivity index (χ0n) is 16.7. The first-order valence-electron chi connectivity index (χ1n) is 9.39. The van der Waals surface area contributed by atoms with E-state index in [1.165, 1.54) is 10.5 Å². The van der Waals surface area contributed by atoms with Crippen LogP contribution in [0.3, 0.4) is 0 Å². The molecule has 1 aliphatic rings. The molecule has 2 aromatic carbocycles. The summed E-state index contributed by atoms with van der Waals surface area (Å²) in [6, 6.07) is 16.3. The highest BCUT2D eigenvalue weighted by Gasteiger charge is 2.27. The molecule has 152 valence electrons. The molecule has 0 bridgehead atoms. The van der Waals surface area contributed by atoms with E-state index < -0.39 is 0 Å². The van der Waals surface area contributed by atoms with E-state index in [1.54, 1.807) is 11.8 Å². The minimum atomic E-state index is -0.290. The quantitative estimate of drug-likeness (QED) is 0.431. The van der Waals surface area contributed by atoms with Crippen molar-refractivity contribution >= 4 is 24.0 Å². The maximum Gasteiger partial charge on any atom is 0.198 e. The Labute approximate surface area is 180 Å². The van der Waals surface area contributed by atoms with Crippen LogP contribution in [0, 0.1) is 4.77 Å². The molecular formula is C21H24N4O2S2. The van der Waals surface area contributed by atoms with Crippen LogP contribution in [0.25, 0.3) is 0 Å². The lowest BCUT2D eigenvalue weighted by molar-refractivity contribution is 0.0821. The van der Waals surface area contributed by atoms with Gasteiger partial charge >= 0.3 is 0 Å². The minimum absolute atomic E-state index is 0.290. The van der Waals surface area contributed by atoms with E-state index in [0.717, 1.165) is 23.9 Å². The highest BCUT2D eigenvalue weighted by atomic mass is 32.2. The predicted octanol–water partition coefficient (Wildman–Crippen LogP) is 4.27. The Bertz CT molecular complexity index is 1050. The number of fused-ring (bicyclic) bond motifs is 1. The average Bonchev–Trinajstić information content (AvgIpc) is 3.02. The fourth-order valence-electron chi connectivity index (χ4n) is 3.35. The molecule has 29 heavy (non-hydrogen) atoms. The number of thioether (sulfide) groups is 1. The molecular weight excluding hydrogens is 404 g/mol. The van der Waals surface area contributed by atoms with Gasteiger partial charge in [0.25, 0.3) is 0 Å². The normalized spacial score (nSPS) is 15.7. The standard InChI is InChI=1S/C21H24N4O2S2/c1-23(12-15-8-10-16(29-3)11-9-15)14-25-21(28)24(2)20(22-25)19-13-26-17-6-4-5-7-18(17)27-19/h4-11,19H,12-14H2,1-3H3. The van der Waals surface area contributed by atoms with E-state index in [1.807, 2.05) is 40.6 Å². The summed E-state index contributed by atoms with van der Waals surface area (Å²) in [5, 5.41) is 4.74. The second-order valence-electron chi connectivity index (χ2n) is 7.07. The van der Waals surface area contributed by atoms with Crippen molar-refractivity contribution in [2.75, 3.05) is 19.9 Å². The summed E-state index contributed by atoms with van der Waals surface area (Å²) in [5.41, 5.74) is 1.26. The van der Waals surface area contributed by atoms with E-state index in [9.17, 15) is 0 Å². The number of rotatable bonds is 6. The van der Waals surface area contributed by atoms with Crippen molar-refractivity contribution < 1.29 is 9.47 Å². The Morgan fingerprint density at radius 2 is 1.90 bits per heavy atom. The molecule has 0 saturated carbocycles. The number of hydrogen-bond acceptors (Lipinski definition) is 6. The topological polar surface area (TPSA) is 44.5 Å². The van der Waals surface area contributed by atoms with Gasteiger partial charge in [-0.15, -0.1) is 11.8 Å². The predicted molar refractivity (Wildman–Crippen MR) is 117 cm³/mol.